The molecule has 0 aromatic heterocycles. The number of hydrogen-bond acceptors (Lipinski definition) is 10. The second kappa shape index (κ2) is 18.2. The van der Waals surface area contributed by atoms with Crippen molar-refractivity contribution >= 4 is 24.2 Å². The Morgan fingerprint density at radius 2 is 1.34 bits per heavy atom. The highest BCUT2D eigenvalue weighted by Crippen LogP contribution is 2.37. The van der Waals surface area contributed by atoms with Gasteiger partial charge < -0.3 is 34.5 Å². The van der Waals surface area contributed by atoms with E-state index >= 15 is 0 Å². The van der Waals surface area contributed by atoms with Gasteiger partial charge in [0, 0.05) is 18.3 Å². The van der Waals surface area contributed by atoms with Crippen molar-refractivity contribution in [2.45, 2.75) is 124 Å². The molecule has 3 N–H and O–H groups in total. The van der Waals surface area contributed by atoms with E-state index in [0.29, 0.717) is 24.8 Å². The smallest absolute Gasteiger partial charge is 0.480 e. The molecule has 0 aliphatic heterocycles. The normalized spacial score (nSPS) is 15.4. The Hall–Kier alpha value is -3.34. The number of carboxylic acid groups (broad SMARTS) is 1. The van der Waals surface area contributed by atoms with E-state index in [1.165, 1.54) is 18.2 Å². The van der Waals surface area contributed by atoms with Crippen LogP contribution in [0, 0.1) is 5.92 Å². The van der Waals surface area contributed by atoms with Crippen molar-refractivity contribution in [2.75, 3.05) is 0 Å². The van der Waals surface area contributed by atoms with Gasteiger partial charge in [-0.3, -0.25) is 9.59 Å². The van der Waals surface area contributed by atoms with Crippen LogP contribution in [0.25, 0.3) is 0 Å². The zero-order chi connectivity index (χ0) is 31.1. The third-order valence-electron chi connectivity index (χ3n) is 6.76. The van der Waals surface area contributed by atoms with Gasteiger partial charge in [-0.2, -0.15) is 0 Å². The highest BCUT2D eigenvalue weighted by atomic mass is 16.7. The molecule has 41 heavy (non-hydrogen) atoms. The molecule has 0 aliphatic rings. The van der Waals surface area contributed by atoms with Crippen molar-refractivity contribution in [2.24, 2.45) is 11.7 Å². The number of nitrogens with two attached hydrogens (primary N) is 1. The lowest BCUT2D eigenvalue weighted by Crippen LogP contribution is -2.42. The number of carbonyl (C=O) groups is 4. The average molecular weight is 582 g/mol. The van der Waals surface area contributed by atoms with Crippen LogP contribution in [-0.2, 0) is 23.8 Å². The maximum absolute atomic E-state index is 12.6. The molecule has 0 fully saturated rings. The van der Waals surface area contributed by atoms with Crippen molar-refractivity contribution in [1.82, 2.24) is 0 Å². The maximum Gasteiger partial charge on any atom is 0.514 e. The summed E-state index contributed by atoms with van der Waals surface area (Å²) in [5, 5.41) is 9.78. The quantitative estimate of drug-likeness (QED) is 0.120. The molecule has 0 saturated heterocycles. The van der Waals surface area contributed by atoms with Gasteiger partial charge >= 0.3 is 24.2 Å². The van der Waals surface area contributed by atoms with Crippen molar-refractivity contribution in [3.05, 3.63) is 23.8 Å². The van der Waals surface area contributed by atoms with Gasteiger partial charge in [-0.25, -0.2) is 9.59 Å². The first-order chi connectivity index (χ1) is 19.3. The number of esters is 1. The molecule has 11 nitrogen and oxygen atoms in total. The predicted molar refractivity (Wildman–Crippen MR) is 152 cm³/mol. The van der Waals surface area contributed by atoms with E-state index in [2.05, 4.69) is 0 Å². The van der Waals surface area contributed by atoms with Gasteiger partial charge in [-0.15, -0.1) is 0 Å². The number of ether oxygens (including phenoxy) is 5. The van der Waals surface area contributed by atoms with Gasteiger partial charge in [0.15, 0.2) is 11.5 Å². The third-order valence-corrected chi connectivity index (χ3v) is 6.76. The molecule has 0 heterocycles. The summed E-state index contributed by atoms with van der Waals surface area (Å²) in [5.74, 6) is -3.39. The number of benzene rings is 1. The lowest BCUT2D eigenvalue weighted by atomic mass is 9.79. The Balaban J connectivity index is 3.42. The minimum absolute atomic E-state index is 0.128. The van der Waals surface area contributed by atoms with Crippen LogP contribution in [0.5, 0.6) is 11.5 Å². The van der Waals surface area contributed by atoms with Crippen molar-refractivity contribution < 1.29 is 48.0 Å². The number of aliphatic carboxylic acids is 1. The highest BCUT2D eigenvalue weighted by molar-refractivity contribution is 5.75. The van der Waals surface area contributed by atoms with Gasteiger partial charge in [-0.1, -0.05) is 53.0 Å². The fourth-order valence-corrected chi connectivity index (χ4v) is 4.36. The second-order valence-electron chi connectivity index (χ2n) is 10.4. The Bertz CT molecular complexity index is 997. The number of carboxylic acids is 1. The van der Waals surface area contributed by atoms with Crippen LogP contribution in [0.3, 0.4) is 0 Å². The van der Waals surface area contributed by atoms with Crippen LogP contribution >= 0.6 is 0 Å². The molecule has 1 aromatic rings. The second-order valence-corrected chi connectivity index (χ2v) is 10.4. The van der Waals surface area contributed by atoms with E-state index < -0.39 is 54.5 Å². The Morgan fingerprint density at radius 3 is 1.83 bits per heavy atom. The first-order valence-electron chi connectivity index (χ1n) is 14.4. The fraction of sp³-hybridized carbons (Fsp3) is 0.667. The summed E-state index contributed by atoms with van der Waals surface area (Å²) in [7, 11) is 0. The minimum atomic E-state index is -1.39. The SMILES string of the molecule is CCCCC(=O)OC(C)C(C)C(c1ccc(OC(=O)OC(C)CCC)c(OC(=O)OC(C)CCC)c1)[C@H](N)C(=O)O. The summed E-state index contributed by atoms with van der Waals surface area (Å²) in [5.41, 5.74) is 6.49. The van der Waals surface area contributed by atoms with E-state index in [0.717, 1.165) is 19.3 Å². The van der Waals surface area contributed by atoms with Crippen LogP contribution in [0.4, 0.5) is 9.59 Å². The molecule has 0 spiro atoms. The van der Waals surface area contributed by atoms with Gasteiger partial charge in [0.1, 0.15) is 24.4 Å². The zero-order valence-corrected chi connectivity index (χ0v) is 25.3. The summed E-state index contributed by atoms with van der Waals surface area (Å²) in [6, 6.07) is 2.87. The average Bonchev–Trinajstić information content (AvgIpc) is 2.88. The first-order valence-corrected chi connectivity index (χ1v) is 14.4. The molecular weight excluding hydrogens is 534 g/mol. The molecule has 0 aliphatic carbocycles. The summed E-state index contributed by atoms with van der Waals surface area (Å²) in [6.45, 7) is 12.7. The lowest BCUT2D eigenvalue weighted by Gasteiger charge is -2.32. The molecule has 6 atom stereocenters. The van der Waals surface area contributed by atoms with E-state index in [4.69, 9.17) is 29.4 Å². The summed E-state index contributed by atoms with van der Waals surface area (Å²) >= 11 is 0. The first kappa shape index (κ1) is 35.7. The van der Waals surface area contributed by atoms with Crippen LogP contribution < -0.4 is 15.2 Å². The monoisotopic (exact) mass is 581 g/mol. The van der Waals surface area contributed by atoms with Crippen molar-refractivity contribution in [1.29, 1.82) is 0 Å². The van der Waals surface area contributed by atoms with Gasteiger partial charge in [0.25, 0.3) is 0 Å². The lowest BCUT2D eigenvalue weighted by molar-refractivity contribution is -0.151. The van der Waals surface area contributed by atoms with E-state index in [1.807, 2.05) is 20.8 Å². The molecule has 0 saturated carbocycles. The Kier molecular flexibility index (Phi) is 15.8. The van der Waals surface area contributed by atoms with Gasteiger partial charge in [0.2, 0.25) is 0 Å². The Morgan fingerprint density at radius 1 is 0.805 bits per heavy atom. The molecule has 1 rings (SSSR count). The largest absolute Gasteiger partial charge is 0.514 e. The number of unbranched alkanes of at least 4 members (excludes halogenated alkanes) is 1. The Labute approximate surface area is 243 Å². The van der Waals surface area contributed by atoms with Gasteiger partial charge in [-0.05, 0) is 57.7 Å². The third kappa shape index (κ3) is 12.4. The molecule has 11 heteroatoms. The van der Waals surface area contributed by atoms with Crippen LogP contribution in [0.2, 0.25) is 0 Å². The summed E-state index contributed by atoms with van der Waals surface area (Å²) in [4.78, 5) is 49.3. The minimum Gasteiger partial charge on any atom is -0.480 e. The van der Waals surface area contributed by atoms with E-state index in [1.54, 1.807) is 27.7 Å². The molecule has 232 valence electrons. The van der Waals surface area contributed by atoms with Crippen molar-refractivity contribution in [3.63, 3.8) is 0 Å². The fourth-order valence-electron chi connectivity index (χ4n) is 4.36. The van der Waals surface area contributed by atoms with Gasteiger partial charge in [0.05, 0.1) is 0 Å². The van der Waals surface area contributed by atoms with E-state index in [9.17, 15) is 24.3 Å². The number of rotatable bonds is 17. The number of hydrogen-bond donors (Lipinski definition) is 2. The molecule has 1 aromatic carbocycles. The maximum atomic E-state index is 12.6. The predicted octanol–water partition coefficient (Wildman–Crippen LogP) is 6.35. The molecule has 0 amide bonds. The number of carbonyl (C=O) groups excluding carboxylic acids is 3. The van der Waals surface area contributed by atoms with Crippen LogP contribution in [0.15, 0.2) is 18.2 Å². The van der Waals surface area contributed by atoms with Crippen molar-refractivity contribution in [3.8, 4) is 11.5 Å². The topological polar surface area (TPSA) is 161 Å². The molecule has 5 unspecified atom stereocenters. The molecule has 0 bridgehead atoms. The summed E-state index contributed by atoms with van der Waals surface area (Å²) in [6.07, 6.45) is 1.08. The van der Waals surface area contributed by atoms with Crippen LogP contribution in [0.1, 0.15) is 105 Å². The molecule has 0 radical (unpaired) electrons. The standard InChI is InChI=1S/C30H47NO10/c1-8-11-14-25(32)39-21(7)20(6)26(27(31)28(33)34)22-15-16-23(40-29(35)37-18(4)12-9-2)24(17-22)41-30(36)38-19(5)13-10-3/h15-21,26-27H,8-14,31H2,1-7H3,(H,33,34)/t18?,19?,20?,21?,26?,27-/m0/s1. The van der Waals surface area contributed by atoms with E-state index in [-0.39, 0.29) is 23.9 Å². The zero-order valence-electron chi connectivity index (χ0n) is 25.3. The van der Waals surface area contributed by atoms with Crippen LogP contribution in [-0.4, -0.2) is 53.7 Å². The highest BCUT2D eigenvalue weighted by Gasteiger charge is 2.36. The molecular formula is C30H47NO10. The summed E-state index contributed by atoms with van der Waals surface area (Å²) < 4.78 is 26.9.